The first-order valence-corrected chi connectivity index (χ1v) is 6.39. The van der Waals surface area contributed by atoms with Crippen LogP contribution in [-0.4, -0.2) is 27.8 Å². The second-order valence-corrected chi connectivity index (χ2v) is 4.43. The molecule has 1 aromatic carbocycles. The predicted molar refractivity (Wildman–Crippen MR) is 77.3 cm³/mol. The van der Waals surface area contributed by atoms with Gasteiger partial charge in [-0.3, -0.25) is 14.3 Å². The number of esters is 1. The van der Waals surface area contributed by atoms with Crippen LogP contribution in [0.3, 0.4) is 0 Å². The number of hydrogen-bond donors (Lipinski definition) is 2. The molecule has 1 aromatic heterocycles. The molecule has 2 aromatic rings. The summed E-state index contributed by atoms with van der Waals surface area (Å²) in [6.45, 7) is 1.41. The zero-order valence-corrected chi connectivity index (χ0v) is 11.5. The fourth-order valence-electron chi connectivity index (χ4n) is 1.65. The molecule has 0 aliphatic carbocycles. The number of nitrogen functional groups attached to an aromatic ring is 1. The fourth-order valence-corrected chi connectivity index (χ4v) is 1.65. The van der Waals surface area contributed by atoms with Crippen LogP contribution >= 0.6 is 0 Å². The van der Waals surface area contributed by atoms with Crippen molar-refractivity contribution in [1.29, 1.82) is 0 Å². The maximum absolute atomic E-state index is 11.9. The van der Waals surface area contributed by atoms with E-state index in [0.717, 1.165) is 0 Å². The van der Waals surface area contributed by atoms with Gasteiger partial charge in [0, 0.05) is 11.9 Å². The Bertz CT molecular complexity index is 624. The van der Waals surface area contributed by atoms with Crippen LogP contribution in [0.15, 0.2) is 42.6 Å². The molecule has 0 aliphatic heterocycles. The number of amides is 1. The highest BCUT2D eigenvalue weighted by Crippen LogP contribution is 2.07. The SMILES string of the molecule is CC(OC(=O)Cn1ccc(N)n1)C(=O)Nc1ccccc1. The lowest BCUT2D eigenvalue weighted by Crippen LogP contribution is -2.31. The van der Waals surface area contributed by atoms with Gasteiger partial charge in [0.15, 0.2) is 6.10 Å². The van der Waals surface area contributed by atoms with Gasteiger partial charge in [-0.25, -0.2) is 0 Å². The number of carbonyl (C=O) groups is 2. The number of nitrogens with zero attached hydrogens (tertiary/aromatic N) is 2. The molecule has 0 bridgehead atoms. The van der Waals surface area contributed by atoms with Crippen LogP contribution in [0.1, 0.15) is 6.92 Å². The molecule has 110 valence electrons. The summed E-state index contributed by atoms with van der Waals surface area (Å²) in [5, 5.41) is 6.52. The molecule has 2 rings (SSSR count). The van der Waals surface area contributed by atoms with E-state index < -0.39 is 18.0 Å². The maximum atomic E-state index is 11.9. The number of rotatable bonds is 5. The summed E-state index contributed by atoms with van der Waals surface area (Å²) in [5.41, 5.74) is 6.09. The number of nitrogens with one attached hydrogen (secondary N) is 1. The molecule has 0 saturated carbocycles. The molecule has 0 saturated heterocycles. The Morgan fingerprint density at radius 3 is 2.67 bits per heavy atom. The van der Waals surface area contributed by atoms with E-state index in [1.54, 1.807) is 36.5 Å². The van der Waals surface area contributed by atoms with Crippen LogP contribution < -0.4 is 11.1 Å². The number of hydrogen-bond acceptors (Lipinski definition) is 5. The Kier molecular flexibility index (Phi) is 4.55. The molecular weight excluding hydrogens is 272 g/mol. The average Bonchev–Trinajstić information content (AvgIpc) is 2.84. The smallest absolute Gasteiger partial charge is 0.328 e. The number of nitrogens with two attached hydrogens (primary N) is 1. The third-order valence-corrected chi connectivity index (χ3v) is 2.67. The summed E-state index contributed by atoms with van der Waals surface area (Å²) in [7, 11) is 0. The van der Waals surface area contributed by atoms with E-state index in [-0.39, 0.29) is 6.54 Å². The zero-order valence-electron chi connectivity index (χ0n) is 11.5. The molecule has 0 spiro atoms. The van der Waals surface area contributed by atoms with E-state index in [9.17, 15) is 9.59 Å². The summed E-state index contributed by atoms with van der Waals surface area (Å²) in [6, 6.07) is 10.5. The van der Waals surface area contributed by atoms with Crippen molar-refractivity contribution in [2.75, 3.05) is 11.1 Å². The van der Waals surface area contributed by atoms with E-state index in [0.29, 0.717) is 11.5 Å². The lowest BCUT2D eigenvalue weighted by molar-refractivity contribution is -0.153. The normalized spacial score (nSPS) is 11.7. The summed E-state index contributed by atoms with van der Waals surface area (Å²) in [4.78, 5) is 23.6. The Morgan fingerprint density at radius 2 is 2.05 bits per heavy atom. The van der Waals surface area contributed by atoms with E-state index in [1.165, 1.54) is 11.6 Å². The molecule has 1 amide bonds. The zero-order chi connectivity index (χ0) is 15.2. The summed E-state index contributed by atoms with van der Waals surface area (Å²) in [6.07, 6.45) is 0.663. The van der Waals surface area contributed by atoms with Crippen molar-refractivity contribution in [3.63, 3.8) is 0 Å². The van der Waals surface area contributed by atoms with Gasteiger partial charge in [0.05, 0.1) is 0 Å². The van der Waals surface area contributed by atoms with E-state index in [2.05, 4.69) is 10.4 Å². The van der Waals surface area contributed by atoms with Crippen molar-refractivity contribution in [2.24, 2.45) is 0 Å². The topological polar surface area (TPSA) is 99.2 Å². The number of benzene rings is 1. The molecule has 0 radical (unpaired) electrons. The van der Waals surface area contributed by atoms with Crippen LogP contribution in [0, 0.1) is 0 Å². The minimum absolute atomic E-state index is 0.0971. The highest BCUT2D eigenvalue weighted by molar-refractivity contribution is 5.94. The second-order valence-electron chi connectivity index (χ2n) is 4.43. The molecule has 0 fully saturated rings. The van der Waals surface area contributed by atoms with Crippen LogP contribution in [-0.2, 0) is 20.9 Å². The Morgan fingerprint density at radius 1 is 1.33 bits per heavy atom. The summed E-state index contributed by atoms with van der Waals surface area (Å²) >= 11 is 0. The minimum Gasteiger partial charge on any atom is -0.451 e. The molecule has 1 heterocycles. The summed E-state index contributed by atoms with van der Waals surface area (Å²) in [5.74, 6) is -0.638. The minimum atomic E-state index is -0.898. The van der Waals surface area contributed by atoms with Crippen molar-refractivity contribution < 1.29 is 14.3 Å². The lowest BCUT2D eigenvalue weighted by atomic mass is 10.3. The van der Waals surface area contributed by atoms with Gasteiger partial charge in [0.25, 0.3) is 5.91 Å². The van der Waals surface area contributed by atoms with E-state index in [4.69, 9.17) is 10.5 Å². The van der Waals surface area contributed by atoms with Gasteiger partial charge < -0.3 is 15.8 Å². The van der Waals surface area contributed by atoms with Crippen LogP contribution in [0.2, 0.25) is 0 Å². The highest BCUT2D eigenvalue weighted by atomic mass is 16.5. The quantitative estimate of drug-likeness (QED) is 0.801. The first-order valence-electron chi connectivity index (χ1n) is 6.39. The number of para-hydroxylation sites is 1. The standard InChI is InChI=1S/C14H16N4O3/c1-10(14(20)16-11-5-3-2-4-6-11)21-13(19)9-18-8-7-12(15)17-18/h2-8,10H,9H2,1H3,(H2,15,17)(H,16,20). The Balaban J connectivity index is 1.84. The van der Waals surface area contributed by atoms with Crippen molar-refractivity contribution in [3.8, 4) is 0 Å². The van der Waals surface area contributed by atoms with Crippen molar-refractivity contribution in [1.82, 2.24) is 9.78 Å². The molecular formula is C14H16N4O3. The van der Waals surface area contributed by atoms with Crippen molar-refractivity contribution in [2.45, 2.75) is 19.6 Å². The first-order chi connectivity index (χ1) is 10.0. The average molecular weight is 288 g/mol. The van der Waals surface area contributed by atoms with Crippen molar-refractivity contribution >= 4 is 23.4 Å². The lowest BCUT2D eigenvalue weighted by Gasteiger charge is -2.13. The largest absolute Gasteiger partial charge is 0.451 e. The van der Waals surface area contributed by atoms with Crippen LogP contribution in [0.5, 0.6) is 0 Å². The van der Waals surface area contributed by atoms with Crippen molar-refractivity contribution in [3.05, 3.63) is 42.6 Å². The van der Waals surface area contributed by atoms with Gasteiger partial charge >= 0.3 is 5.97 Å². The number of anilines is 2. The molecule has 1 unspecified atom stereocenters. The first kappa shape index (κ1) is 14.6. The Hall–Kier alpha value is -2.83. The maximum Gasteiger partial charge on any atom is 0.328 e. The van der Waals surface area contributed by atoms with Gasteiger partial charge in [-0.1, -0.05) is 18.2 Å². The molecule has 21 heavy (non-hydrogen) atoms. The summed E-state index contributed by atoms with van der Waals surface area (Å²) < 4.78 is 6.39. The number of aromatic nitrogens is 2. The molecule has 1 atom stereocenters. The van der Waals surface area contributed by atoms with Gasteiger partial charge in [-0.05, 0) is 25.1 Å². The molecule has 3 N–H and O–H groups in total. The molecule has 0 aliphatic rings. The van der Waals surface area contributed by atoms with E-state index in [1.807, 2.05) is 6.07 Å². The predicted octanol–water partition coefficient (Wildman–Crippen LogP) is 1.04. The van der Waals surface area contributed by atoms with Gasteiger partial charge in [0.1, 0.15) is 12.4 Å². The van der Waals surface area contributed by atoms with Gasteiger partial charge in [-0.2, -0.15) is 5.10 Å². The molecule has 7 heteroatoms. The number of carbonyl (C=O) groups excluding carboxylic acids is 2. The fraction of sp³-hybridized carbons (Fsp3) is 0.214. The van der Waals surface area contributed by atoms with Gasteiger partial charge in [0.2, 0.25) is 0 Å². The number of ether oxygens (including phenoxy) is 1. The van der Waals surface area contributed by atoms with E-state index >= 15 is 0 Å². The monoisotopic (exact) mass is 288 g/mol. The molecule has 7 nitrogen and oxygen atoms in total. The van der Waals surface area contributed by atoms with Crippen LogP contribution in [0.4, 0.5) is 11.5 Å². The second kappa shape index (κ2) is 6.56. The van der Waals surface area contributed by atoms with Gasteiger partial charge in [-0.15, -0.1) is 0 Å². The highest BCUT2D eigenvalue weighted by Gasteiger charge is 2.18. The van der Waals surface area contributed by atoms with Crippen LogP contribution in [0.25, 0.3) is 0 Å². The third-order valence-electron chi connectivity index (χ3n) is 2.67. The third kappa shape index (κ3) is 4.34. The Labute approximate surface area is 121 Å².